The normalized spacial score (nSPS) is 10.1. The minimum atomic E-state index is -0.969. The van der Waals surface area contributed by atoms with Crippen LogP contribution >= 0.6 is 0 Å². The van der Waals surface area contributed by atoms with Crippen LogP contribution in [-0.4, -0.2) is 18.4 Å². The van der Waals surface area contributed by atoms with Crippen LogP contribution < -0.4 is 4.74 Å². The first kappa shape index (κ1) is 15.7. The fraction of sp³-hybridized carbons (Fsp3) is 0.176. The van der Waals surface area contributed by atoms with Gasteiger partial charge in [0.05, 0.1) is 6.61 Å². The summed E-state index contributed by atoms with van der Waals surface area (Å²) in [6.07, 6.45) is 0. The molecule has 0 aliphatic rings. The Morgan fingerprint density at radius 3 is 2.50 bits per heavy atom. The van der Waals surface area contributed by atoms with Crippen LogP contribution in [0.1, 0.15) is 22.8 Å². The first-order valence-corrected chi connectivity index (χ1v) is 6.79. The first-order chi connectivity index (χ1) is 10.6. The average Bonchev–Trinajstić information content (AvgIpc) is 2.54. The highest BCUT2D eigenvalue weighted by Gasteiger charge is 2.19. The van der Waals surface area contributed by atoms with Gasteiger partial charge < -0.3 is 9.47 Å². The Morgan fingerprint density at radius 2 is 1.82 bits per heavy atom. The topological polar surface area (TPSA) is 52.6 Å². The molecule has 2 rings (SSSR count). The maximum absolute atomic E-state index is 13.7. The Balaban J connectivity index is 2.13. The standard InChI is InChI=1S/C17H15FO4/c1-2-21-17(20)16(19)13-8-9-14(18)15(10-13)22-11-12-6-4-3-5-7-12/h3-10H,2,11H2,1H3. The highest BCUT2D eigenvalue weighted by atomic mass is 19.1. The van der Waals surface area contributed by atoms with Crippen molar-refractivity contribution < 1.29 is 23.5 Å². The molecular formula is C17H15FO4. The molecule has 0 amide bonds. The molecule has 0 radical (unpaired) electrons. The third-order valence-electron chi connectivity index (χ3n) is 2.89. The fourth-order valence-electron chi connectivity index (χ4n) is 1.81. The third kappa shape index (κ3) is 3.91. The number of carbonyl (C=O) groups is 2. The Bertz CT molecular complexity index is 668. The van der Waals surface area contributed by atoms with Crippen LogP contribution in [0.15, 0.2) is 48.5 Å². The number of rotatable bonds is 6. The molecule has 0 heterocycles. The van der Waals surface area contributed by atoms with Gasteiger partial charge in [0.25, 0.3) is 5.78 Å². The van der Waals surface area contributed by atoms with Crippen molar-refractivity contribution in [3.63, 3.8) is 0 Å². The zero-order chi connectivity index (χ0) is 15.9. The first-order valence-electron chi connectivity index (χ1n) is 6.79. The molecule has 0 saturated carbocycles. The average molecular weight is 302 g/mol. The molecule has 0 aliphatic carbocycles. The van der Waals surface area contributed by atoms with E-state index in [-0.39, 0.29) is 24.5 Å². The molecule has 0 atom stereocenters. The lowest BCUT2D eigenvalue weighted by Gasteiger charge is -2.09. The Labute approximate surface area is 127 Å². The molecule has 0 aliphatic heterocycles. The van der Waals surface area contributed by atoms with Gasteiger partial charge in [-0.05, 0) is 30.7 Å². The van der Waals surface area contributed by atoms with Gasteiger partial charge in [-0.15, -0.1) is 0 Å². The van der Waals surface area contributed by atoms with Gasteiger partial charge >= 0.3 is 5.97 Å². The number of ether oxygens (including phenoxy) is 2. The number of ketones is 1. The minimum absolute atomic E-state index is 0.0305. The summed E-state index contributed by atoms with van der Waals surface area (Å²) >= 11 is 0. The molecule has 0 spiro atoms. The summed E-state index contributed by atoms with van der Waals surface area (Å²) in [5.41, 5.74) is 0.895. The number of carbonyl (C=O) groups excluding carboxylic acids is 2. The second-order valence-electron chi connectivity index (χ2n) is 4.47. The SMILES string of the molecule is CCOC(=O)C(=O)c1ccc(F)c(OCc2ccccc2)c1. The number of hydrogen-bond acceptors (Lipinski definition) is 4. The molecule has 114 valence electrons. The molecule has 0 saturated heterocycles. The summed E-state index contributed by atoms with van der Waals surface area (Å²) in [5.74, 6) is -2.48. The Morgan fingerprint density at radius 1 is 1.09 bits per heavy atom. The monoisotopic (exact) mass is 302 g/mol. The van der Waals surface area contributed by atoms with Crippen LogP contribution in [0.2, 0.25) is 0 Å². The summed E-state index contributed by atoms with van der Waals surface area (Å²) in [6.45, 7) is 1.86. The van der Waals surface area contributed by atoms with Crippen LogP contribution in [0.4, 0.5) is 4.39 Å². The van der Waals surface area contributed by atoms with Crippen molar-refractivity contribution >= 4 is 11.8 Å². The highest BCUT2D eigenvalue weighted by molar-refractivity contribution is 6.40. The van der Waals surface area contributed by atoms with E-state index >= 15 is 0 Å². The van der Waals surface area contributed by atoms with Gasteiger partial charge in [-0.2, -0.15) is 0 Å². The van der Waals surface area contributed by atoms with E-state index in [0.717, 1.165) is 11.6 Å². The van der Waals surface area contributed by atoms with E-state index in [4.69, 9.17) is 4.74 Å². The van der Waals surface area contributed by atoms with Crippen LogP contribution in [0.5, 0.6) is 5.75 Å². The smallest absolute Gasteiger partial charge is 0.379 e. The molecule has 4 nitrogen and oxygen atoms in total. The van der Waals surface area contributed by atoms with Crippen molar-refractivity contribution in [2.75, 3.05) is 6.61 Å². The molecule has 0 unspecified atom stereocenters. The van der Waals surface area contributed by atoms with Gasteiger partial charge in [-0.25, -0.2) is 9.18 Å². The van der Waals surface area contributed by atoms with Crippen molar-refractivity contribution in [1.29, 1.82) is 0 Å². The largest absolute Gasteiger partial charge is 0.486 e. The zero-order valence-corrected chi connectivity index (χ0v) is 12.0. The molecule has 22 heavy (non-hydrogen) atoms. The summed E-state index contributed by atoms with van der Waals surface area (Å²) in [4.78, 5) is 23.2. The minimum Gasteiger partial charge on any atom is -0.486 e. The highest BCUT2D eigenvalue weighted by Crippen LogP contribution is 2.20. The van der Waals surface area contributed by atoms with Crippen LogP contribution in [0.3, 0.4) is 0 Å². The van der Waals surface area contributed by atoms with Crippen LogP contribution in [-0.2, 0) is 16.1 Å². The maximum atomic E-state index is 13.7. The van der Waals surface area contributed by atoms with E-state index in [1.54, 1.807) is 6.92 Å². The summed E-state index contributed by atoms with van der Waals surface area (Å²) in [7, 11) is 0. The van der Waals surface area contributed by atoms with Crippen molar-refractivity contribution in [1.82, 2.24) is 0 Å². The van der Waals surface area contributed by atoms with Crippen molar-refractivity contribution in [3.8, 4) is 5.75 Å². The van der Waals surface area contributed by atoms with Gasteiger partial charge in [0.1, 0.15) is 6.61 Å². The van der Waals surface area contributed by atoms with E-state index in [1.807, 2.05) is 30.3 Å². The van der Waals surface area contributed by atoms with Gasteiger partial charge in [0, 0.05) is 5.56 Å². The zero-order valence-electron chi connectivity index (χ0n) is 12.0. The van der Waals surface area contributed by atoms with Crippen LogP contribution in [0.25, 0.3) is 0 Å². The quantitative estimate of drug-likeness (QED) is 0.467. The van der Waals surface area contributed by atoms with E-state index in [0.29, 0.717) is 0 Å². The number of esters is 1. The number of halogens is 1. The van der Waals surface area contributed by atoms with Crippen molar-refractivity contribution in [3.05, 3.63) is 65.5 Å². The predicted octanol–water partition coefficient (Wildman–Crippen LogP) is 3.15. The van der Waals surface area contributed by atoms with E-state index < -0.39 is 17.6 Å². The lowest BCUT2D eigenvalue weighted by atomic mass is 10.1. The molecule has 0 N–H and O–H groups in total. The molecule has 2 aromatic carbocycles. The summed E-state index contributed by atoms with van der Waals surface area (Å²) in [6, 6.07) is 12.7. The molecular weight excluding hydrogens is 287 g/mol. The second-order valence-corrected chi connectivity index (χ2v) is 4.47. The molecule has 5 heteroatoms. The van der Waals surface area contributed by atoms with E-state index in [1.165, 1.54) is 12.1 Å². The summed E-state index contributed by atoms with van der Waals surface area (Å²) in [5, 5.41) is 0. The number of hydrogen-bond donors (Lipinski definition) is 0. The lowest BCUT2D eigenvalue weighted by Crippen LogP contribution is -2.17. The Hall–Kier alpha value is -2.69. The molecule has 0 aromatic heterocycles. The van der Waals surface area contributed by atoms with Gasteiger partial charge in [0.15, 0.2) is 11.6 Å². The summed E-state index contributed by atoms with van der Waals surface area (Å²) < 4.78 is 23.7. The molecule has 0 bridgehead atoms. The fourth-order valence-corrected chi connectivity index (χ4v) is 1.81. The van der Waals surface area contributed by atoms with Gasteiger partial charge in [-0.1, -0.05) is 30.3 Å². The molecule has 2 aromatic rings. The maximum Gasteiger partial charge on any atom is 0.379 e. The lowest BCUT2D eigenvalue weighted by molar-refractivity contribution is -0.137. The third-order valence-corrected chi connectivity index (χ3v) is 2.89. The number of benzene rings is 2. The van der Waals surface area contributed by atoms with Gasteiger partial charge in [0.2, 0.25) is 0 Å². The second kappa shape index (κ2) is 7.36. The van der Waals surface area contributed by atoms with Crippen LogP contribution in [0, 0.1) is 5.82 Å². The molecule has 0 fully saturated rings. The Kier molecular flexibility index (Phi) is 5.25. The van der Waals surface area contributed by atoms with E-state index in [9.17, 15) is 14.0 Å². The van der Waals surface area contributed by atoms with Crippen molar-refractivity contribution in [2.45, 2.75) is 13.5 Å². The van der Waals surface area contributed by atoms with Crippen molar-refractivity contribution in [2.24, 2.45) is 0 Å². The number of Topliss-reactive ketones (excluding diaryl/α,β-unsaturated/α-hetero) is 1. The van der Waals surface area contributed by atoms with Gasteiger partial charge in [-0.3, -0.25) is 4.79 Å². The van der Waals surface area contributed by atoms with E-state index in [2.05, 4.69) is 4.74 Å². The predicted molar refractivity (Wildman–Crippen MR) is 78.1 cm³/mol.